The summed E-state index contributed by atoms with van der Waals surface area (Å²) in [5, 5.41) is 107. The van der Waals surface area contributed by atoms with E-state index in [4.69, 9.17) is 45.9 Å². The third kappa shape index (κ3) is 35.4. The number of nitrogens with two attached hydrogens (primary N) is 8. The topological polar surface area (TPSA) is 776 Å². The predicted octanol–water partition coefficient (Wildman–Crippen LogP) is -1.11. The van der Waals surface area contributed by atoms with Gasteiger partial charge in [-0.1, -0.05) is 27.7 Å². The Balaban J connectivity index is 6.70. The highest BCUT2D eigenvalue weighted by molar-refractivity contribution is 5.87. The highest BCUT2D eigenvalue weighted by Crippen LogP contribution is 2.38. The van der Waals surface area contributed by atoms with Gasteiger partial charge in [-0.3, -0.25) is 95.9 Å². The fraction of sp³-hybridized carbons (Fsp3) is 0.701. The van der Waals surface area contributed by atoms with Gasteiger partial charge in [-0.05, 0) is 141 Å². The molecule has 10 amide bonds. The number of carboxylic acids is 10. The lowest BCUT2D eigenvalue weighted by molar-refractivity contribution is -0.152. The predicted molar refractivity (Wildman–Crippen MR) is 365 cm³/mol. The van der Waals surface area contributed by atoms with Crippen molar-refractivity contribution in [2.45, 2.75) is 169 Å². The van der Waals surface area contributed by atoms with Gasteiger partial charge in [0.25, 0.3) is 0 Å². The van der Waals surface area contributed by atoms with E-state index in [1.165, 1.54) is 6.92 Å². The molecule has 0 fully saturated rings. The fourth-order valence-electron chi connectivity index (χ4n) is 13.1. The van der Waals surface area contributed by atoms with Crippen molar-refractivity contribution in [2.24, 2.45) is 164 Å². The summed E-state index contributed by atoms with van der Waals surface area (Å²) in [7, 11) is 0. The van der Waals surface area contributed by atoms with Gasteiger partial charge in [-0.15, -0.1) is 0 Å². The van der Waals surface area contributed by atoms with Crippen LogP contribution in [0.3, 0.4) is 0 Å². The van der Waals surface area contributed by atoms with Crippen molar-refractivity contribution >= 4 is 119 Å². The van der Waals surface area contributed by atoms with Crippen LogP contribution < -0.4 is 56.5 Å². The summed E-state index contributed by atoms with van der Waals surface area (Å²) in [5.74, 6) is -58.9. The maximum absolute atomic E-state index is 13.0. The molecule has 0 saturated heterocycles. The summed E-state index contributed by atoms with van der Waals surface area (Å²) in [5.41, 5.74) is 45.0. The summed E-state index contributed by atoms with van der Waals surface area (Å²) in [6.45, 7) is 6.21. The van der Waals surface area contributed by atoms with Crippen LogP contribution in [0.4, 0.5) is 0 Å². The standard InChI is InChI=1S/C67H106N10O30/c1-5-28(3)56(86)76-27-77-57(87)29(4)7-8-32(58(88)89)13-40(60(92)93)20-42(62(96)97)22-44(64(100)101)24-46(66(104)105)26-47(67(106)107)25-45(65(102)103)23-43(63(98)99)21-41(61(94)95)14-33(59(90)91)10-9-31(49(69)79)12-35(51(71)81)16-37(53(73)83)18-39(55(75)85)19-38(54(74)84)17-36(52(72)82)15-34(50(70)80)11-30(6-2)48(68)78/h28-47H,5-27H2,1-4H3,(H2,68,78)(H2,69,79)(H2,70,80)(H2,71,81)(H2,72,82)(H2,73,83)(H2,74,84)(H2,75,85)(H,76,86)(H,77,87)(H,88,89)(H,90,91)(H,92,93)(H,94,95)(H,96,97)(H,98,99)(H,100,101)(H,102,103)(H,104,105)(H,106,107). The summed E-state index contributed by atoms with van der Waals surface area (Å²) in [6, 6.07) is 0. The molecular weight excluding hydrogens is 1420 g/mol. The highest BCUT2D eigenvalue weighted by Gasteiger charge is 2.43. The molecule has 28 N–H and O–H groups in total. The number of primary amides is 8. The first-order valence-electron chi connectivity index (χ1n) is 34.7. The van der Waals surface area contributed by atoms with Crippen molar-refractivity contribution in [2.75, 3.05) is 6.67 Å². The largest absolute Gasteiger partial charge is 0.481 e. The van der Waals surface area contributed by atoms with E-state index in [0.29, 0.717) is 6.42 Å². The van der Waals surface area contributed by atoms with Crippen molar-refractivity contribution in [1.29, 1.82) is 0 Å². The van der Waals surface area contributed by atoms with Crippen molar-refractivity contribution in [1.82, 2.24) is 10.6 Å². The van der Waals surface area contributed by atoms with Gasteiger partial charge < -0.3 is 108 Å². The van der Waals surface area contributed by atoms with Gasteiger partial charge >= 0.3 is 59.7 Å². The monoisotopic (exact) mass is 1530 g/mol. The van der Waals surface area contributed by atoms with Crippen LogP contribution in [0.5, 0.6) is 0 Å². The van der Waals surface area contributed by atoms with Gasteiger partial charge in [-0.25, -0.2) is 0 Å². The number of aliphatic carboxylic acids is 10. The minimum atomic E-state index is -2.08. The number of nitrogens with one attached hydrogen (secondary N) is 2. The maximum Gasteiger partial charge on any atom is 0.306 e. The summed E-state index contributed by atoms with van der Waals surface area (Å²) in [6.07, 6.45) is -13.6. The zero-order chi connectivity index (χ0) is 82.8. The van der Waals surface area contributed by atoms with Gasteiger partial charge in [0.05, 0.1) is 65.8 Å². The average Bonchev–Trinajstić information content (AvgIpc) is 0.854. The van der Waals surface area contributed by atoms with Gasteiger partial charge in [0.15, 0.2) is 0 Å². The number of carbonyl (C=O) groups excluding carboxylic acids is 10. The van der Waals surface area contributed by atoms with E-state index >= 15 is 0 Å². The molecule has 0 rings (SSSR count). The molecule has 0 aliphatic heterocycles. The first-order valence-corrected chi connectivity index (χ1v) is 34.7. The van der Waals surface area contributed by atoms with Crippen LogP contribution in [-0.2, 0) is 95.9 Å². The molecule has 0 radical (unpaired) electrons. The van der Waals surface area contributed by atoms with Crippen LogP contribution in [-0.4, -0.2) is 176 Å². The third-order valence-electron chi connectivity index (χ3n) is 20.2. The molecule has 0 aliphatic carbocycles. The number of rotatable bonds is 62. The van der Waals surface area contributed by atoms with Gasteiger partial charge in [0, 0.05) is 59.2 Å². The number of amides is 10. The van der Waals surface area contributed by atoms with Crippen molar-refractivity contribution in [3.8, 4) is 0 Å². The molecule has 0 aromatic carbocycles. The Kier molecular flexibility index (Phi) is 42.4. The molecule has 0 aliphatic rings. The summed E-state index contributed by atoms with van der Waals surface area (Å²) in [4.78, 5) is 253. The molecule has 604 valence electrons. The number of hydrogen-bond acceptors (Lipinski definition) is 20. The maximum atomic E-state index is 13.0. The quantitative estimate of drug-likeness (QED) is 0.0321. The lowest BCUT2D eigenvalue weighted by Gasteiger charge is -2.28. The van der Waals surface area contributed by atoms with Crippen LogP contribution in [0, 0.1) is 118 Å². The molecule has 40 heteroatoms. The molecule has 0 heterocycles. The van der Waals surface area contributed by atoms with Crippen molar-refractivity contribution in [3.05, 3.63) is 0 Å². The first kappa shape index (κ1) is 96.4. The van der Waals surface area contributed by atoms with E-state index in [-0.39, 0.29) is 50.6 Å². The van der Waals surface area contributed by atoms with Gasteiger partial charge in [-0.2, -0.15) is 0 Å². The van der Waals surface area contributed by atoms with Crippen LogP contribution in [0.1, 0.15) is 169 Å². The molecule has 0 aromatic heterocycles. The Morgan fingerprint density at radius 3 is 0.561 bits per heavy atom. The van der Waals surface area contributed by atoms with Crippen LogP contribution in [0.15, 0.2) is 0 Å². The Hall–Kier alpha value is -10.6. The molecule has 0 saturated carbocycles. The molecule has 40 nitrogen and oxygen atoms in total. The smallest absolute Gasteiger partial charge is 0.306 e. The van der Waals surface area contributed by atoms with E-state index in [1.807, 2.05) is 0 Å². The molecule has 0 spiro atoms. The Morgan fingerprint density at radius 2 is 0.374 bits per heavy atom. The first-order chi connectivity index (χ1) is 49.5. The van der Waals surface area contributed by atoms with E-state index in [9.17, 15) is 147 Å². The number of carbonyl (C=O) groups is 20. The van der Waals surface area contributed by atoms with Crippen LogP contribution >= 0.6 is 0 Å². The van der Waals surface area contributed by atoms with E-state index in [1.54, 1.807) is 20.8 Å². The zero-order valence-corrected chi connectivity index (χ0v) is 60.1. The van der Waals surface area contributed by atoms with Crippen molar-refractivity contribution < 1.29 is 147 Å². The lowest BCUT2D eigenvalue weighted by Crippen LogP contribution is -2.41. The minimum Gasteiger partial charge on any atom is -0.481 e. The van der Waals surface area contributed by atoms with Crippen LogP contribution in [0.2, 0.25) is 0 Å². The normalized spacial score (nSPS) is 17.0. The highest BCUT2D eigenvalue weighted by atomic mass is 16.4. The Morgan fingerprint density at radius 1 is 0.215 bits per heavy atom. The molecule has 0 bridgehead atoms. The second-order valence-electron chi connectivity index (χ2n) is 27.9. The zero-order valence-electron chi connectivity index (χ0n) is 60.1. The second kappa shape index (κ2) is 47.1. The second-order valence-corrected chi connectivity index (χ2v) is 27.9. The van der Waals surface area contributed by atoms with Gasteiger partial charge in [0.2, 0.25) is 59.1 Å². The number of hydrogen-bond donors (Lipinski definition) is 20. The molecule has 20 atom stereocenters. The van der Waals surface area contributed by atoms with Crippen molar-refractivity contribution in [3.63, 3.8) is 0 Å². The molecular formula is C67H106N10O30. The van der Waals surface area contributed by atoms with E-state index in [0.717, 1.165) is 0 Å². The average molecular weight is 1530 g/mol. The summed E-state index contributed by atoms with van der Waals surface area (Å²) >= 11 is 0. The fourth-order valence-corrected chi connectivity index (χ4v) is 13.1. The van der Waals surface area contributed by atoms with E-state index in [2.05, 4.69) is 10.6 Å². The summed E-state index contributed by atoms with van der Waals surface area (Å²) < 4.78 is 0. The van der Waals surface area contributed by atoms with Crippen LogP contribution in [0.25, 0.3) is 0 Å². The molecule has 107 heavy (non-hydrogen) atoms. The minimum absolute atomic E-state index is 0.133. The molecule has 20 unspecified atom stereocenters. The molecule has 0 aromatic rings. The lowest BCUT2D eigenvalue weighted by atomic mass is 9.76. The number of carboxylic acid groups (broad SMARTS) is 10. The van der Waals surface area contributed by atoms with E-state index < -0.39 is 328 Å². The SMILES string of the molecule is CCC(C)C(=O)NCNC(=O)C(C)CCC(CC(CC(CC(CC(CC(CC(CC(CC(CC(CCC(CC(CC(CC(CC(CC(CC(CC(CC)C(N)=O)C(N)=O)C(N)=O)C(N)=O)C(N)=O)C(N)=O)C(N)=O)C(N)=O)C(=O)O)C(=O)O)C(=O)O)C(=O)O)C(=O)O)C(=O)O)C(=O)O)C(=O)O)C(=O)O)C(=O)O. The Bertz CT molecular complexity index is 3200. The third-order valence-corrected chi connectivity index (χ3v) is 20.2. The van der Waals surface area contributed by atoms with Gasteiger partial charge in [0.1, 0.15) is 0 Å². The Labute approximate surface area is 614 Å².